The van der Waals surface area contributed by atoms with Crippen LogP contribution in [0.2, 0.25) is 0 Å². The molecule has 2 N–H and O–H groups in total. The third-order valence-corrected chi connectivity index (χ3v) is 2.34. The van der Waals surface area contributed by atoms with Gasteiger partial charge in [0.05, 0.1) is 12.1 Å². The Kier molecular flexibility index (Phi) is 3.74. The Labute approximate surface area is 119 Å². The number of aromatic nitrogens is 4. The summed E-state index contributed by atoms with van der Waals surface area (Å²) in [5.74, 6) is 0.464. The molecule has 9 nitrogen and oxygen atoms in total. The number of hydrogen-bond donors (Lipinski definition) is 2. The number of aromatic amines is 1. The molecule has 0 spiro atoms. The van der Waals surface area contributed by atoms with Crippen molar-refractivity contribution in [2.75, 3.05) is 0 Å². The minimum Gasteiger partial charge on any atom is -0.444 e. The van der Waals surface area contributed by atoms with Crippen molar-refractivity contribution >= 4 is 18.2 Å². The Balaban J connectivity index is 2.11. The molecule has 2 heterocycles. The summed E-state index contributed by atoms with van der Waals surface area (Å²) in [7, 11) is 0. The van der Waals surface area contributed by atoms with Crippen molar-refractivity contribution in [3.05, 3.63) is 27.9 Å². The van der Waals surface area contributed by atoms with Crippen LogP contribution < -0.4 is 10.9 Å². The van der Waals surface area contributed by atoms with E-state index in [1.54, 1.807) is 20.8 Å². The number of hydrogen-bond acceptors (Lipinski definition) is 6. The number of carbonyl (C=O) groups is 2. The summed E-state index contributed by atoms with van der Waals surface area (Å²) in [4.78, 5) is 40.1. The number of H-pyrrole nitrogens is 1. The standard InChI is InChI=1S/C12H15N5O4/c1-12(2,3)21-11(20)13-4-8-14-10-15-9(19)7(6-18)5-17(10)16-8/h5-6H,4H2,1-3H3,(H,13,20)(H,14,15,16,19). The first-order chi connectivity index (χ1) is 9.78. The fraction of sp³-hybridized carbons (Fsp3) is 0.417. The molecule has 1 amide bonds. The molecule has 0 saturated carbocycles. The molecular formula is C12H15N5O4. The van der Waals surface area contributed by atoms with E-state index in [4.69, 9.17) is 4.74 Å². The van der Waals surface area contributed by atoms with Gasteiger partial charge in [0.2, 0.25) is 5.78 Å². The summed E-state index contributed by atoms with van der Waals surface area (Å²) in [6.45, 7) is 5.29. The molecule has 0 unspecified atom stereocenters. The molecule has 0 atom stereocenters. The zero-order chi connectivity index (χ0) is 15.6. The van der Waals surface area contributed by atoms with Crippen LogP contribution >= 0.6 is 0 Å². The first-order valence-corrected chi connectivity index (χ1v) is 6.19. The maximum atomic E-state index is 11.5. The van der Waals surface area contributed by atoms with Crippen LogP contribution in [0.25, 0.3) is 5.78 Å². The van der Waals surface area contributed by atoms with Gasteiger partial charge < -0.3 is 10.1 Å². The minimum absolute atomic E-state index is 0.0368. The molecule has 0 aliphatic carbocycles. The lowest BCUT2D eigenvalue weighted by Crippen LogP contribution is -2.32. The van der Waals surface area contributed by atoms with Gasteiger partial charge >= 0.3 is 6.09 Å². The van der Waals surface area contributed by atoms with Crippen LogP contribution in [0.1, 0.15) is 37.0 Å². The van der Waals surface area contributed by atoms with Crippen molar-refractivity contribution in [1.82, 2.24) is 24.9 Å². The number of nitrogens with zero attached hydrogens (tertiary/aromatic N) is 3. The fourth-order valence-electron chi connectivity index (χ4n) is 1.53. The van der Waals surface area contributed by atoms with E-state index in [0.717, 1.165) is 0 Å². The van der Waals surface area contributed by atoms with Crippen molar-refractivity contribution in [2.24, 2.45) is 0 Å². The molecule has 0 bridgehead atoms. The lowest BCUT2D eigenvalue weighted by atomic mass is 10.2. The molecule has 0 radical (unpaired) electrons. The van der Waals surface area contributed by atoms with Crippen molar-refractivity contribution in [2.45, 2.75) is 32.9 Å². The third kappa shape index (κ3) is 3.65. The van der Waals surface area contributed by atoms with Crippen LogP contribution in [0.5, 0.6) is 0 Å². The van der Waals surface area contributed by atoms with Crippen LogP contribution in [0.3, 0.4) is 0 Å². The van der Waals surface area contributed by atoms with Crippen LogP contribution in [-0.4, -0.2) is 37.6 Å². The number of fused-ring (bicyclic) bond motifs is 1. The number of carbonyl (C=O) groups excluding carboxylic acids is 2. The van der Waals surface area contributed by atoms with Gasteiger partial charge in [0.15, 0.2) is 12.1 Å². The number of alkyl carbamates (subject to hydrolysis) is 1. The van der Waals surface area contributed by atoms with E-state index in [1.165, 1.54) is 10.7 Å². The molecule has 0 aliphatic rings. The van der Waals surface area contributed by atoms with Crippen LogP contribution in [0.4, 0.5) is 4.79 Å². The summed E-state index contributed by atoms with van der Waals surface area (Å²) in [6, 6.07) is 0. The van der Waals surface area contributed by atoms with Gasteiger partial charge in [-0.3, -0.25) is 14.6 Å². The van der Waals surface area contributed by atoms with Crippen molar-refractivity contribution in [3.63, 3.8) is 0 Å². The van der Waals surface area contributed by atoms with E-state index in [0.29, 0.717) is 6.29 Å². The predicted octanol–water partition coefficient (Wildman–Crippen LogP) is 0.255. The van der Waals surface area contributed by atoms with Gasteiger partial charge in [0.1, 0.15) is 5.60 Å². The largest absolute Gasteiger partial charge is 0.444 e. The monoisotopic (exact) mass is 293 g/mol. The second kappa shape index (κ2) is 5.35. The smallest absolute Gasteiger partial charge is 0.408 e. The maximum Gasteiger partial charge on any atom is 0.408 e. The maximum absolute atomic E-state index is 11.5. The van der Waals surface area contributed by atoms with Gasteiger partial charge in [-0.1, -0.05) is 0 Å². The highest BCUT2D eigenvalue weighted by molar-refractivity contribution is 5.73. The Morgan fingerprint density at radius 3 is 2.86 bits per heavy atom. The van der Waals surface area contributed by atoms with Gasteiger partial charge in [0.25, 0.3) is 5.56 Å². The second-order valence-electron chi connectivity index (χ2n) is 5.31. The molecular weight excluding hydrogens is 278 g/mol. The third-order valence-electron chi connectivity index (χ3n) is 2.34. The number of aldehydes is 1. The molecule has 2 aromatic heterocycles. The van der Waals surface area contributed by atoms with E-state index >= 15 is 0 Å². The Bertz CT molecular complexity index is 740. The minimum atomic E-state index is -0.597. The summed E-state index contributed by atoms with van der Waals surface area (Å²) >= 11 is 0. The van der Waals surface area contributed by atoms with Gasteiger partial charge in [-0.05, 0) is 20.8 Å². The van der Waals surface area contributed by atoms with Gasteiger partial charge in [-0.15, -0.1) is 5.10 Å². The van der Waals surface area contributed by atoms with Gasteiger partial charge in [-0.25, -0.2) is 9.31 Å². The molecule has 2 rings (SSSR count). The summed E-state index contributed by atoms with van der Waals surface area (Å²) in [6.07, 6.45) is 1.10. The van der Waals surface area contributed by atoms with E-state index in [2.05, 4.69) is 20.4 Å². The van der Waals surface area contributed by atoms with Crippen LogP contribution in [0.15, 0.2) is 11.0 Å². The SMILES string of the molecule is CC(C)(C)OC(=O)NCc1nc2[nH]c(=O)c(C=O)cn2n1. The Morgan fingerprint density at radius 2 is 2.24 bits per heavy atom. The molecule has 0 aliphatic heterocycles. The molecule has 9 heteroatoms. The van der Waals surface area contributed by atoms with E-state index < -0.39 is 17.3 Å². The summed E-state index contributed by atoms with van der Waals surface area (Å²) in [5.41, 5.74) is -1.20. The predicted molar refractivity (Wildman–Crippen MR) is 72.1 cm³/mol. The molecule has 0 fully saturated rings. The van der Waals surface area contributed by atoms with Crippen molar-refractivity contribution < 1.29 is 14.3 Å². The number of rotatable bonds is 3. The Morgan fingerprint density at radius 1 is 1.52 bits per heavy atom. The quantitative estimate of drug-likeness (QED) is 0.783. The number of ether oxygens (including phenoxy) is 1. The average molecular weight is 293 g/mol. The number of nitrogens with one attached hydrogen (secondary N) is 2. The lowest BCUT2D eigenvalue weighted by molar-refractivity contribution is 0.0522. The topological polar surface area (TPSA) is 118 Å². The normalized spacial score (nSPS) is 11.4. The molecule has 0 saturated heterocycles. The van der Waals surface area contributed by atoms with E-state index in [9.17, 15) is 14.4 Å². The highest BCUT2D eigenvalue weighted by atomic mass is 16.6. The first-order valence-electron chi connectivity index (χ1n) is 6.19. The van der Waals surface area contributed by atoms with Crippen LogP contribution in [-0.2, 0) is 11.3 Å². The highest BCUT2D eigenvalue weighted by Crippen LogP contribution is 2.06. The average Bonchev–Trinajstić information content (AvgIpc) is 2.75. The van der Waals surface area contributed by atoms with Crippen molar-refractivity contribution in [3.8, 4) is 0 Å². The highest BCUT2D eigenvalue weighted by Gasteiger charge is 2.16. The zero-order valence-electron chi connectivity index (χ0n) is 11.8. The zero-order valence-corrected chi connectivity index (χ0v) is 11.8. The summed E-state index contributed by atoms with van der Waals surface area (Å²) < 4.78 is 6.33. The first kappa shape index (κ1) is 14.7. The summed E-state index contributed by atoms with van der Waals surface area (Å²) in [5, 5.41) is 6.54. The molecule has 21 heavy (non-hydrogen) atoms. The lowest BCUT2D eigenvalue weighted by Gasteiger charge is -2.19. The number of amides is 1. The van der Waals surface area contributed by atoms with E-state index in [-0.39, 0.29) is 23.7 Å². The second-order valence-corrected chi connectivity index (χ2v) is 5.31. The van der Waals surface area contributed by atoms with E-state index in [1.807, 2.05) is 0 Å². The van der Waals surface area contributed by atoms with Gasteiger partial charge in [0, 0.05) is 6.20 Å². The van der Waals surface area contributed by atoms with Gasteiger partial charge in [-0.2, -0.15) is 4.98 Å². The molecule has 0 aromatic carbocycles. The Hall–Kier alpha value is -2.71. The molecule has 2 aromatic rings. The fourth-order valence-corrected chi connectivity index (χ4v) is 1.53. The molecule has 112 valence electrons. The van der Waals surface area contributed by atoms with Crippen molar-refractivity contribution in [1.29, 1.82) is 0 Å². The van der Waals surface area contributed by atoms with Crippen LogP contribution in [0, 0.1) is 0 Å².